The van der Waals surface area contributed by atoms with Gasteiger partial charge >= 0.3 is 6.18 Å². The van der Waals surface area contributed by atoms with Gasteiger partial charge in [-0.1, -0.05) is 24.3 Å². The van der Waals surface area contributed by atoms with Gasteiger partial charge in [0.1, 0.15) is 11.6 Å². The molecule has 4 nitrogen and oxygen atoms in total. The molecule has 1 N–H and O–H groups in total. The van der Waals surface area contributed by atoms with Crippen LogP contribution in [0, 0.1) is 5.82 Å². The van der Waals surface area contributed by atoms with Crippen molar-refractivity contribution in [2.75, 3.05) is 5.32 Å². The van der Waals surface area contributed by atoms with Crippen LogP contribution in [0.1, 0.15) is 40.3 Å². The van der Waals surface area contributed by atoms with Gasteiger partial charge in [0.2, 0.25) is 5.91 Å². The first-order valence-corrected chi connectivity index (χ1v) is 9.91. The number of carbonyl (C=O) groups is 2. The standard InChI is InChI=1S/C24H18F4N2O2/c25-20-2-1-9-29-23(20)19(15-4-6-17(7-5-15)24(26,27)28)13-18(31)11-14-3-8-21-16(10-14)12-22(32)30-21/h1-10,19H,11-13H2,(H,30,32)/t19-/m0/s1. The van der Waals surface area contributed by atoms with Crippen LogP contribution in [0.4, 0.5) is 23.2 Å². The molecule has 8 heteroatoms. The van der Waals surface area contributed by atoms with E-state index in [2.05, 4.69) is 10.3 Å². The summed E-state index contributed by atoms with van der Waals surface area (Å²) in [5, 5.41) is 2.72. The Morgan fingerprint density at radius 1 is 1.09 bits per heavy atom. The molecule has 2 aromatic carbocycles. The summed E-state index contributed by atoms with van der Waals surface area (Å²) in [6.45, 7) is 0. The molecule has 1 aliphatic rings. The maximum Gasteiger partial charge on any atom is 0.416 e. The predicted octanol–water partition coefficient (Wildman–Crippen LogP) is 5.07. The second-order valence-corrected chi connectivity index (χ2v) is 7.68. The number of hydrogen-bond acceptors (Lipinski definition) is 3. The van der Waals surface area contributed by atoms with Gasteiger partial charge in [-0.05, 0) is 47.0 Å². The van der Waals surface area contributed by atoms with Gasteiger partial charge in [-0.25, -0.2) is 4.39 Å². The van der Waals surface area contributed by atoms with Gasteiger partial charge in [-0.15, -0.1) is 0 Å². The average Bonchev–Trinajstić information content (AvgIpc) is 3.11. The van der Waals surface area contributed by atoms with Crippen LogP contribution < -0.4 is 5.32 Å². The molecule has 1 amide bonds. The maximum atomic E-state index is 14.5. The number of alkyl halides is 3. The fourth-order valence-corrected chi connectivity index (χ4v) is 3.85. The number of ketones is 1. The number of rotatable bonds is 6. The molecule has 1 aromatic heterocycles. The fraction of sp³-hybridized carbons (Fsp3) is 0.208. The average molecular weight is 442 g/mol. The Bertz CT molecular complexity index is 1170. The van der Waals surface area contributed by atoms with Crippen LogP contribution in [0.2, 0.25) is 0 Å². The lowest BCUT2D eigenvalue weighted by Crippen LogP contribution is -2.14. The van der Waals surface area contributed by atoms with Crippen molar-refractivity contribution in [3.63, 3.8) is 0 Å². The SMILES string of the molecule is O=C(Cc1ccc2c(c1)CC(=O)N2)C[C@@H](c1ccc(C(F)(F)F)cc1)c1ncccc1F. The molecule has 4 rings (SSSR count). The highest BCUT2D eigenvalue weighted by Gasteiger charge is 2.31. The number of pyridine rings is 1. The number of fused-ring (bicyclic) bond motifs is 1. The Balaban J connectivity index is 1.58. The number of hydrogen-bond donors (Lipinski definition) is 1. The topological polar surface area (TPSA) is 59.1 Å². The van der Waals surface area contributed by atoms with Gasteiger partial charge in [-0.2, -0.15) is 13.2 Å². The lowest BCUT2D eigenvalue weighted by Gasteiger charge is -2.18. The van der Waals surface area contributed by atoms with E-state index in [0.29, 0.717) is 16.8 Å². The van der Waals surface area contributed by atoms with Crippen molar-refractivity contribution in [2.24, 2.45) is 0 Å². The first kappa shape index (κ1) is 21.7. The molecule has 164 valence electrons. The highest BCUT2D eigenvalue weighted by Crippen LogP contribution is 2.34. The summed E-state index contributed by atoms with van der Waals surface area (Å²) in [4.78, 5) is 28.4. The minimum atomic E-state index is -4.50. The second-order valence-electron chi connectivity index (χ2n) is 7.68. The Hall–Kier alpha value is -3.55. The van der Waals surface area contributed by atoms with Gasteiger partial charge in [-0.3, -0.25) is 14.6 Å². The highest BCUT2D eigenvalue weighted by atomic mass is 19.4. The second kappa shape index (κ2) is 8.53. The molecular weight excluding hydrogens is 424 g/mol. The van der Waals surface area contributed by atoms with Gasteiger partial charge in [0.05, 0.1) is 17.7 Å². The minimum absolute atomic E-state index is 0.00404. The number of Topliss-reactive ketones (excluding diaryl/α,β-unsaturated/α-hetero) is 1. The fourth-order valence-electron chi connectivity index (χ4n) is 3.85. The van der Waals surface area contributed by atoms with Crippen LogP contribution in [0.5, 0.6) is 0 Å². The smallest absolute Gasteiger partial charge is 0.326 e. The number of nitrogens with one attached hydrogen (secondary N) is 1. The van der Waals surface area contributed by atoms with Crippen LogP contribution in [-0.2, 0) is 28.6 Å². The Morgan fingerprint density at radius 2 is 1.84 bits per heavy atom. The molecule has 32 heavy (non-hydrogen) atoms. The van der Waals surface area contributed by atoms with Gasteiger partial charge < -0.3 is 5.32 Å². The zero-order valence-corrected chi connectivity index (χ0v) is 16.7. The summed E-state index contributed by atoms with van der Waals surface area (Å²) < 4.78 is 53.2. The largest absolute Gasteiger partial charge is 0.416 e. The lowest BCUT2D eigenvalue weighted by atomic mass is 9.88. The third-order valence-corrected chi connectivity index (χ3v) is 5.39. The van der Waals surface area contributed by atoms with E-state index in [4.69, 9.17) is 0 Å². The van der Waals surface area contributed by atoms with Crippen LogP contribution in [0.3, 0.4) is 0 Å². The maximum absolute atomic E-state index is 14.5. The third-order valence-electron chi connectivity index (χ3n) is 5.39. The number of anilines is 1. The monoisotopic (exact) mass is 442 g/mol. The Kier molecular flexibility index (Phi) is 5.78. The first-order chi connectivity index (χ1) is 15.2. The van der Waals surface area contributed by atoms with Gasteiger partial charge in [0, 0.05) is 30.6 Å². The molecule has 0 aliphatic carbocycles. The molecule has 0 saturated carbocycles. The van der Waals surface area contributed by atoms with E-state index in [1.165, 1.54) is 30.5 Å². The number of halogens is 4. The molecule has 1 aliphatic heterocycles. The highest BCUT2D eigenvalue weighted by molar-refractivity contribution is 5.99. The van der Waals surface area contributed by atoms with Crippen LogP contribution in [-0.4, -0.2) is 16.7 Å². The summed E-state index contributed by atoms with van der Waals surface area (Å²) in [5.74, 6) is -1.80. The molecule has 0 unspecified atom stereocenters. The van der Waals surface area contributed by atoms with Crippen molar-refractivity contribution in [3.8, 4) is 0 Å². The molecule has 2 heterocycles. The molecule has 0 radical (unpaired) electrons. The van der Waals surface area contributed by atoms with Crippen molar-refractivity contribution in [1.29, 1.82) is 0 Å². The molecule has 0 spiro atoms. The zero-order valence-electron chi connectivity index (χ0n) is 16.7. The molecule has 0 saturated heterocycles. The van der Waals surface area contributed by atoms with Gasteiger partial charge in [0.15, 0.2) is 0 Å². The summed E-state index contributed by atoms with van der Waals surface area (Å²) >= 11 is 0. The Morgan fingerprint density at radius 3 is 2.53 bits per heavy atom. The third kappa shape index (κ3) is 4.69. The van der Waals surface area contributed by atoms with E-state index in [0.717, 1.165) is 17.7 Å². The van der Waals surface area contributed by atoms with E-state index in [1.807, 2.05) is 0 Å². The normalized spacial score (nSPS) is 14.1. The van der Waals surface area contributed by atoms with Crippen molar-refractivity contribution >= 4 is 17.4 Å². The predicted molar refractivity (Wildman–Crippen MR) is 110 cm³/mol. The Labute approximate surface area is 181 Å². The summed E-state index contributed by atoms with van der Waals surface area (Å²) in [7, 11) is 0. The quantitative estimate of drug-likeness (QED) is 0.543. The minimum Gasteiger partial charge on any atom is -0.326 e. The van der Waals surface area contributed by atoms with Crippen LogP contribution in [0.25, 0.3) is 0 Å². The van der Waals surface area contributed by atoms with Crippen molar-refractivity contribution < 1.29 is 27.2 Å². The summed E-state index contributed by atoms with van der Waals surface area (Å²) in [5.41, 5.74) is 1.77. The van der Waals surface area contributed by atoms with Crippen LogP contribution >= 0.6 is 0 Å². The first-order valence-electron chi connectivity index (χ1n) is 9.91. The molecule has 3 aromatic rings. The lowest BCUT2D eigenvalue weighted by molar-refractivity contribution is -0.137. The van der Waals surface area contributed by atoms with Gasteiger partial charge in [0.25, 0.3) is 0 Å². The molecule has 1 atom stereocenters. The molecule has 0 fully saturated rings. The van der Waals surface area contributed by atoms with E-state index in [-0.39, 0.29) is 36.6 Å². The zero-order chi connectivity index (χ0) is 22.9. The number of nitrogens with zero attached hydrogens (tertiary/aromatic N) is 1. The van der Waals surface area contributed by atoms with E-state index < -0.39 is 23.5 Å². The summed E-state index contributed by atoms with van der Waals surface area (Å²) in [6.07, 6.45) is -2.96. The number of benzene rings is 2. The molecule has 0 bridgehead atoms. The van der Waals surface area contributed by atoms with Crippen molar-refractivity contribution in [2.45, 2.75) is 31.4 Å². The van der Waals surface area contributed by atoms with Crippen molar-refractivity contribution in [3.05, 3.63) is 94.6 Å². The number of aromatic nitrogens is 1. The number of amides is 1. The molecular formula is C24H18F4N2O2. The van der Waals surface area contributed by atoms with E-state index >= 15 is 0 Å². The van der Waals surface area contributed by atoms with E-state index in [1.54, 1.807) is 18.2 Å². The van der Waals surface area contributed by atoms with Crippen LogP contribution in [0.15, 0.2) is 60.8 Å². The van der Waals surface area contributed by atoms with E-state index in [9.17, 15) is 27.2 Å². The number of carbonyl (C=O) groups excluding carboxylic acids is 2. The summed E-state index contributed by atoms with van der Waals surface area (Å²) in [6, 6.07) is 12.2. The van der Waals surface area contributed by atoms with Crippen molar-refractivity contribution in [1.82, 2.24) is 4.98 Å².